The van der Waals surface area contributed by atoms with E-state index in [2.05, 4.69) is 25.8 Å². The molecule has 1 aromatic carbocycles. The summed E-state index contributed by atoms with van der Waals surface area (Å²) >= 11 is 0. The largest absolute Gasteiger partial charge is 0.496 e. The topological polar surface area (TPSA) is 74.9 Å². The molecule has 1 atom stereocenters. The summed E-state index contributed by atoms with van der Waals surface area (Å²) in [6.07, 6.45) is -2.83. The summed E-state index contributed by atoms with van der Waals surface area (Å²) in [4.78, 5) is 4.40. The second-order valence-corrected chi connectivity index (χ2v) is 6.70. The summed E-state index contributed by atoms with van der Waals surface area (Å²) in [5, 5.41) is 12.8. The summed E-state index contributed by atoms with van der Waals surface area (Å²) in [6, 6.07) is 8.27. The number of rotatable bonds is 5. The normalized spacial score (nSPS) is 17.2. The van der Waals surface area contributed by atoms with Gasteiger partial charge in [-0.3, -0.25) is 5.10 Å². The lowest BCUT2D eigenvalue weighted by atomic mass is 10.1. The van der Waals surface area contributed by atoms with E-state index < -0.39 is 11.7 Å². The maximum absolute atomic E-state index is 13.8. The highest BCUT2D eigenvalue weighted by molar-refractivity contribution is 5.91. The van der Waals surface area contributed by atoms with Crippen molar-refractivity contribution in [2.24, 2.45) is 0 Å². The Bertz CT molecular complexity index is 979. The molecule has 3 aromatic rings. The number of alkyl halides is 3. The number of aromatic amines is 1. The predicted octanol–water partition coefficient (Wildman–Crippen LogP) is 4.02. The van der Waals surface area contributed by atoms with Crippen molar-refractivity contribution in [3.63, 3.8) is 0 Å². The smallest absolute Gasteiger partial charge is 0.417 e. The van der Waals surface area contributed by atoms with Gasteiger partial charge in [-0.15, -0.1) is 0 Å². The monoisotopic (exact) mass is 391 g/mol. The molecule has 0 saturated carbocycles. The highest BCUT2D eigenvalue weighted by Crippen LogP contribution is 2.39. The molecule has 3 N–H and O–H groups in total. The molecule has 0 amide bonds. The standard InChI is InChI=1S/C19H20F3N5O/c1-28-15-7-3-2-5-11(15)10-24-17-16-12(19(20,21)22)9-14(13-6-4-8-23-13)25-18(16)27-26-17/h2-3,5,7,9,13,23H,4,6,8,10H2,1H3,(H2,24,25,26,27)/t13-/m0/s1. The molecule has 1 fully saturated rings. The number of fused-ring (bicyclic) bond motifs is 1. The number of anilines is 1. The van der Waals surface area contributed by atoms with E-state index in [1.807, 2.05) is 18.2 Å². The molecule has 0 radical (unpaired) electrons. The second-order valence-electron chi connectivity index (χ2n) is 6.70. The Morgan fingerprint density at radius 3 is 2.82 bits per heavy atom. The van der Waals surface area contributed by atoms with E-state index in [9.17, 15) is 13.2 Å². The average Bonchev–Trinajstić information content (AvgIpc) is 3.35. The molecule has 148 valence electrons. The molecule has 0 aliphatic carbocycles. The van der Waals surface area contributed by atoms with E-state index >= 15 is 0 Å². The number of hydrogen-bond acceptors (Lipinski definition) is 5. The number of nitrogens with one attached hydrogen (secondary N) is 3. The minimum atomic E-state index is -4.51. The van der Waals surface area contributed by atoms with Crippen LogP contribution in [0.2, 0.25) is 0 Å². The van der Waals surface area contributed by atoms with Crippen LogP contribution < -0.4 is 15.4 Å². The van der Waals surface area contributed by atoms with Crippen LogP contribution in [0.4, 0.5) is 19.0 Å². The quantitative estimate of drug-likeness (QED) is 0.613. The molecule has 9 heteroatoms. The van der Waals surface area contributed by atoms with Crippen LogP contribution >= 0.6 is 0 Å². The van der Waals surface area contributed by atoms with Gasteiger partial charge in [0.05, 0.1) is 23.8 Å². The summed E-state index contributed by atoms with van der Waals surface area (Å²) in [6.45, 7) is 1.05. The fourth-order valence-electron chi connectivity index (χ4n) is 3.55. The van der Waals surface area contributed by atoms with Gasteiger partial charge >= 0.3 is 6.18 Å². The second kappa shape index (κ2) is 7.31. The maximum atomic E-state index is 13.8. The summed E-state index contributed by atoms with van der Waals surface area (Å²) in [5.74, 6) is 0.769. The number of hydrogen-bond donors (Lipinski definition) is 3. The lowest BCUT2D eigenvalue weighted by Crippen LogP contribution is -2.16. The van der Waals surface area contributed by atoms with Crippen LogP contribution in [0.3, 0.4) is 0 Å². The molecule has 28 heavy (non-hydrogen) atoms. The zero-order valence-corrected chi connectivity index (χ0v) is 15.2. The SMILES string of the molecule is COc1ccccc1CNc1n[nH]c2nc([C@@H]3CCCN3)cc(C(F)(F)F)c12. The molecule has 1 aliphatic rings. The summed E-state index contributed by atoms with van der Waals surface area (Å²) < 4.78 is 46.6. The Hall–Kier alpha value is -2.81. The first kappa shape index (κ1) is 18.5. The van der Waals surface area contributed by atoms with E-state index in [1.54, 1.807) is 13.2 Å². The van der Waals surface area contributed by atoms with E-state index in [0.29, 0.717) is 11.4 Å². The van der Waals surface area contributed by atoms with E-state index in [-0.39, 0.29) is 29.4 Å². The van der Waals surface area contributed by atoms with Gasteiger partial charge in [0.2, 0.25) is 0 Å². The zero-order chi connectivity index (χ0) is 19.7. The number of methoxy groups -OCH3 is 1. The molecule has 6 nitrogen and oxygen atoms in total. The molecule has 3 heterocycles. The van der Waals surface area contributed by atoms with Crippen LogP contribution in [-0.2, 0) is 12.7 Å². The van der Waals surface area contributed by atoms with Crippen molar-refractivity contribution in [1.29, 1.82) is 0 Å². The first-order chi connectivity index (χ1) is 13.5. The number of para-hydroxylation sites is 1. The summed E-state index contributed by atoms with van der Waals surface area (Å²) in [7, 11) is 1.55. The Kier molecular flexibility index (Phi) is 4.84. The Morgan fingerprint density at radius 2 is 2.11 bits per heavy atom. The lowest BCUT2D eigenvalue weighted by molar-refractivity contribution is -0.136. The molecule has 2 aromatic heterocycles. The fraction of sp³-hybridized carbons (Fsp3) is 0.368. The Morgan fingerprint density at radius 1 is 1.29 bits per heavy atom. The first-order valence-electron chi connectivity index (χ1n) is 9.02. The number of halogens is 3. The van der Waals surface area contributed by atoms with Crippen LogP contribution in [0, 0.1) is 0 Å². The van der Waals surface area contributed by atoms with Crippen LogP contribution in [0.25, 0.3) is 11.0 Å². The number of ether oxygens (including phenoxy) is 1. The Labute approximate surface area is 159 Å². The summed E-state index contributed by atoms with van der Waals surface area (Å²) in [5.41, 5.74) is 0.588. The van der Waals surface area contributed by atoms with Crippen molar-refractivity contribution in [2.45, 2.75) is 31.6 Å². The van der Waals surface area contributed by atoms with Gasteiger partial charge < -0.3 is 15.4 Å². The fourth-order valence-corrected chi connectivity index (χ4v) is 3.55. The van der Waals surface area contributed by atoms with Crippen molar-refractivity contribution in [2.75, 3.05) is 19.0 Å². The third kappa shape index (κ3) is 3.49. The molecular formula is C19H20F3N5O. The van der Waals surface area contributed by atoms with Crippen LogP contribution in [-0.4, -0.2) is 28.8 Å². The van der Waals surface area contributed by atoms with Gasteiger partial charge in [0.15, 0.2) is 11.5 Å². The first-order valence-corrected chi connectivity index (χ1v) is 9.02. The van der Waals surface area contributed by atoms with E-state index in [1.165, 1.54) is 0 Å². The number of benzene rings is 1. The molecule has 0 unspecified atom stereocenters. The highest BCUT2D eigenvalue weighted by atomic mass is 19.4. The van der Waals surface area contributed by atoms with Gasteiger partial charge in [-0.05, 0) is 31.5 Å². The minimum absolute atomic E-state index is 0.0517. The molecule has 1 saturated heterocycles. The van der Waals surface area contributed by atoms with Crippen molar-refractivity contribution >= 4 is 16.9 Å². The average molecular weight is 391 g/mol. The molecule has 4 rings (SSSR count). The van der Waals surface area contributed by atoms with Gasteiger partial charge in [-0.2, -0.15) is 18.3 Å². The number of aromatic nitrogens is 3. The van der Waals surface area contributed by atoms with Crippen molar-refractivity contribution in [3.8, 4) is 5.75 Å². The molecule has 0 bridgehead atoms. The minimum Gasteiger partial charge on any atom is -0.496 e. The van der Waals surface area contributed by atoms with Crippen LogP contribution in [0.15, 0.2) is 30.3 Å². The number of pyridine rings is 1. The van der Waals surface area contributed by atoms with Crippen molar-refractivity contribution < 1.29 is 17.9 Å². The predicted molar refractivity (Wildman–Crippen MR) is 99.2 cm³/mol. The van der Waals surface area contributed by atoms with E-state index in [0.717, 1.165) is 31.0 Å². The van der Waals surface area contributed by atoms with Gasteiger partial charge in [0.25, 0.3) is 0 Å². The molecular weight excluding hydrogens is 371 g/mol. The van der Waals surface area contributed by atoms with E-state index in [4.69, 9.17) is 4.74 Å². The number of H-pyrrole nitrogens is 1. The van der Waals surface area contributed by atoms with Gasteiger partial charge in [0, 0.05) is 18.2 Å². The van der Waals surface area contributed by atoms with Gasteiger partial charge in [0.1, 0.15) is 5.75 Å². The molecule has 0 spiro atoms. The van der Waals surface area contributed by atoms with Crippen LogP contribution in [0.5, 0.6) is 5.75 Å². The van der Waals surface area contributed by atoms with Crippen molar-refractivity contribution in [3.05, 3.63) is 47.2 Å². The van der Waals surface area contributed by atoms with Crippen molar-refractivity contribution in [1.82, 2.24) is 20.5 Å². The van der Waals surface area contributed by atoms with Crippen LogP contribution in [0.1, 0.15) is 35.7 Å². The lowest BCUT2D eigenvalue weighted by Gasteiger charge is -2.15. The Balaban J connectivity index is 1.71. The third-order valence-electron chi connectivity index (χ3n) is 4.91. The maximum Gasteiger partial charge on any atom is 0.417 e. The molecule has 1 aliphatic heterocycles. The third-order valence-corrected chi connectivity index (χ3v) is 4.91. The highest BCUT2D eigenvalue weighted by Gasteiger charge is 2.36. The number of nitrogens with zero attached hydrogens (tertiary/aromatic N) is 2. The zero-order valence-electron chi connectivity index (χ0n) is 15.2. The van der Waals surface area contributed by atoms with Gasteiger partial charge in [-0.25, -0.2) is 4.98 Å². The van der Waals surface area contributed by atoms with Gasteiger partial charge in [-0.1, -0.05) is 18.2 Å².